The van der Waals surface area contributed by atoms with Crippen LogP contribution in [-0.4, -0.2) is 44.1 Å². The van der Waals surface area contributed by atoms with Gasteiger partial charge in [0.2, 0.25) is 5.91 Å². The summed E-state index contributed by atoms with van der Waals surface area (Å²) in [5, 5.41) is 0. The lowest BCUT2D eigenvalue weighted by Gasteiger charge is -2.28. The fraction of sp³-hybridized carbons (Fsp3) is 0.632. The Balaban J connectivity index is 0.00000208. The summed E-state index contributed by atoms with van der Waals surface area (Å²) in [6.07, 6.45) is 5.23. The van der Waals surface area contributed by atoms with E-state index in [4.69, 9.17) is 4.74 Å². The van der Waals surface area contributed by atoms with E-state index in [1.54, 1.807) is 18.9 Å². The molecule has 1 saturated carbocycles. The monoisotopic (exact) mass is 352 g/mol. The van der Waals surface area contributed by atoms with E-state index in [2.05, 4.69) is 4.90 Å². The van der Waals surface area contributed by atoms with Gasteiger partial charge in [0.15, 0.2) is 0 Å². The number of hydrogen-bond acceptors (Lipinski definition) is 3. The number of unbranched alkanes of at least 4 members (excludes halogenated alkanes) is 1. The molecule has 24 heavy (non-hydrogen) atoms. The van der Waals surface area contributed by atoms with Crippen LogP contribution in [0.15, 0.2) is 24.3 Å². The molecule has 1 amide bonds. The van der Waals surface area contributed by atoms with Crippen molar-refractivity contribution in [3.05, 3.63) is 24.3 Å². The largest absolute Gasteiger partial charge is 0.494 e. The molecule has 1 saturated heterocycles. The van der Waals surface area contributed by atoms with Gasteiger partial charge in [-0.1, -0.05) is 0 Å². The molecule has 1 aliphatic heterocycles. The van der Waals surface area contributed by atoms with Gasteiger partial charge in [-0.3, -0.25) is 4.79 Å². The summed E-state index contributed by atoms with van der Waals surface area (Å²) in [5.41, 5.74) is 0.897. The molecule has 0 radical (unpaired) electrons. The highest BCUT2D eigenvalue weighted by atomic mass is 35.5. The van der Waals surface area contributed by atoms with Crippen molar-refractivity contribution >= 4 is 24.0 Å². The van der Waals surface area contributed by atoms with Crippen LogP contribution in [0.1, 0.15) is 32.6 Å². The van der Waals surface area contributed by atoms with E-state index < -0.39 is 0 Å². The van der Waals surface area contributed by atoms with Crippen LogP contribution in [0.2, 0.25) is 0 Å². The van der Waals surface area contributed by atoms with Gasteiger partial charge in [0.05, 0.1) is 6.61 Å². The summed E-state index contributed by atoms with van der Waals surface area (Å²) in [6.45, 7) is 6.21. The van der Waals surface area contributed by atoms with Crippen molar-refractivity contribution < 1.29 is 9.53 Å². The van der Waals surface area contributed by atoms with Crippen molar-refractivity contribution in [2.75, 3.05) is 38.2 Å². The lowest BCUT2D eigenvalue weighted by molar-refractivity contribution is -0.116. The number of amides is 1. The molecular formula is C19H29ClN2O2. The first kappa shape index (κ1) is 19.1. The first-order valence-corrected chi connectivity index (χ1v) is 8.83. The summed E-state index contributed by atoms with van der Waals surface area (Å²) in [4.78, 5) is 15.6. The molecule has 5 heteroatoms. The van der Waals surface area contributed by atoms with Crippen molar-refractivity contribution in [3.63, 3.8) is 0 Å². The van der Waals surface area contributed by atoms with Crippen molar-refractivity contribution in [1.82, 2.24) is 4.90 Å². The van der Waals surface area contributed by atoms with Crippen LogP contribution in [-0.2, 0) is 4.79 Å². The van der Waals surface area contributed by atoms with Crippen molar-refractivity contribution in [3.8, 4) is 5.75 Å². The van der Waals surface area contributed by atoms with Crippen LogP contribution in [0, 0.1) is 11.8 Å². The number of rotatable bonds is 7. The van der Waals surface area contributed by atoms with Crippen molar-refractivity contribution in [2.45, 2.75) is 32.6 Å². The molecule has 4 nitrogen and oxygen atoms in total. The molecule has 1 aromatic carbocycles. The summed E-state index contributed by atoms with van der Waals surface area (Å²) in [5.74, 6) is 2.94. The second-order valence-corrected chi connectivity index (χ2v) is 6.98. The number of nitrogens with zero attached hydrogens (tertiary/aromatic N) is 2. The first-order chi connectivity index (χ1) is 11.1. The third-order valence-electron chi connectivity index (χ3n) is 5.39. The molecule has 0 N–H and O–H groups in total. The molecule has 0 aromatic heterocycles. The van der Waals surface area contributed by atoms with Crippen LogP contribution in [0.3, 0.4) is 0 Å². The second-order valence-electron chi connectivity index (χ2n) is 6.98. The number of carbonyl (C=O) groups excluding carboxylic acids is 1. The molecule has 3 rings (SSSR count). The Kier molecular flexibility index (Phi) is 6.93. The minimum absolute atomic E-state index is 0. The standard InChI is InChI=1S/C19H28N2O2.ClH/c1-15(22)20(2)18-7-9-19(10-8-18)23-12-4-3-11-21-13-16-5-6-17(16)14-21;/h7-10,16-17H,3-6,11-14H2,1-2H3;1H/t16-,17+;. The first-order valence-electron chi connectivity index (χ1n) is 8.83. The molecule has 0 spiro atoms. The lowest BCUT2D eigenvalue weighted by atomic mass is 9.77. The number of likely N-dealkylation sites (tertiary alicyclic amines) is 1. The summed E-state index contributed by atoms with van der Waals surface area (Å²) < 4.78 is 5.80. The highest BCUT2D eigenvalue weighted by Crippen LogP contribution is 2.40. The second kappa shape index (κ2) is 8.72. The van der Waals surface area contributed by atoms with Gasteiger partial charge < -0.3 is 14.5 Å². The van der Waals surface area contributed by atoms with Gasteiger partial charge in [-0.05, 0) is 68.3 Å². The number of ether oxygens (including phenoxy) is 1. The number of hydrogen-bond donors (Lipinski definition) is 0. The van der Waals surface area contributed by atoms with Crippen LogP contribution in [0.5, 0.6) is 5.75 Å². The molecule has 1 aliphatic carbocycles. The Hall–Kier alpha value is -1.26. The molecule has 1 aromatic rings. The Bertz CT molecular complexity index is 523. The third-order valence-corrected chi connectivity index (χ3v) is 5.39. The number of benzene rings is 1. The quantitative estimate of drug-likeness (QED) is 0.703. The van der Waals surface area contributed by atoms with Crippen LogP contribution < -0.4 is 9.64 Å². The van der Waals surface area contributed by atoms with E-state index in [0.717, 1.165) is 36.3 Å². The average Bonchev–Trinajstić information content (AvgIpc) is 2.82. The van der Waals surface area contributed by atoms with Crippen LogP contribution in [0.4, 0.5) is 5.69 Å². The summed E-state index contributed by atoms with van der Waals surface area (Å²) in [7, 11) is 1.78. The van der Waals surface area contributed by atoms with Gasteiger partial charge >= 0.3 is 0 Å². The molecule has 1 heterocycles. The maximum atomic E-state index is 11.3. The zero-order chi connectivity index (χ0) is 16.2. The van der Waals surface area contributed by atoms with Gasteiger partial charge in [0.1, 0.15) is 5.75 Å². The predicted molar refractivity (Wildman–Crippen MR) is 100 cm³/mol. The maximum Gasteiger partial charge on any atom is 0.223 e. The lowest BCUT2D eigenvalue weighted by Crippen LogP contribution is -2.22. The van der Waals surface area contributed by atoms with Crippen LogP contribution in [0.25, 0.3) is 0 Å². The smallest absolute Gasteiger partial charge is 0.223 e. The Morgan fingerprint density at radius 1 is 1.17 bits per heavy atom. The van der Waals surface area contributed by atoms with Gasteiger partial charge in [-0.25, -0.2) is 0 Å². The van der Waals surface area contributed by atoms with E-state index in [-0.39, 0.29) is 18.3 Å². The minimum atomic E-state index is 0. The van der Waals surface area contributed by atoms with Gasteiger partial charge in [-0.2, -0.15) is 0 Å². The summed E-state index contributed by atoms with van der Waals surface area (Å²) >= 11 is 0. The van der Waals surface area contributed by atoms with E-state index in [0.29, 0.717) is 0 Å². The molecule has 0 unspecified atom stereocenters. The topological polar surface area (TPSA) is 32.8 Å². The zero-order valence-electron chi connectivity index (χ0n) is 14.7. The fourth-order valence-electron chi connectivity index (χ4n) is 3.61. The van der Waals surface area contributed by atoms with E-state index >= 15 is 0 Å². The van der Waals surface area contributed by atoms with E-state index in [1.807, 2.05) is 24.3 Å². The normalized spacial score (nSPS) is 22.2. The van der Waals surface area contributed by atoms with Gasteiger partial charge in [0, 0.05) is 32.7 Å². The highest BCUT2D eigenvalue weighted by Gasteiger charge is 2.38. The average molecular weight is 353 g/mol. The fourth-order valence-corrected chi connectivity index (χ4v) is 3.61. The summed E-state index contributed by atoms with van der Waals surface area (Å²) in [6, 6.07) is 7.73. The Labute approximate surface area is 151 Å². The molecule has 2 fully saturated rings. The maximum absolute atomic E-state index is 11.3. The third kappa shape index (κ3) is 4.64. The Morgan fingerprint density at radius 3 is 2.33 bits per heavy atom. The molecule has 0 bridgehead atoms. The van der Waals surface area contributed by atoms with E-state index in [9.17, 15) is 4.79 Å². The number of carbonyl (C=O) groups is 1. The van der Waals surface area contributed by atoms with Gasteiger partial charge in [0.25, 0.3) is 0 Å². The Morgan fingerprint density at radius 2 is 1.79 bits per heavy atom. The van der Waals surface area contributed by atoms with Crippen molar-refractivity contribution in [2.24, 2.45) is 11.8 Å². The molecular weight excluding hydrogens is 324 g/mol. The SMILES string of the molecule is CC(=O)N(C)c1ccc(OCCCCN2C[C@H]3CC[C@H]3C2)cc1.Cl. The van der Waals surface area contributed by atoms with E-state index in [1.165, 1.54) is 38.9 Å². The molecule has 2 atom stereocenters. The predicted octanol–water partition coefficient (Wildman–Crippen LogP) is 3.59. The van der Waals surface area contributed by atoms with Crippen molar-refractivity contribution in [1.29, 1.82) is 0 Å². The minimum Gasteiger partial charge on any atom is -0.494 e. The van der Waals surface area contributed by atoms with Crippen LogP contribution >= 0.6 is 12.4 Å². The molecule has 134 valence electrons. The number of fused-ring (bicyclic) bond motifs is 1. The number of anilines is 1. The highest BCUT2D eigenvalue weighted by molar-refractivity contribution is 5.90. The van der Waals surface area contributed by atoms with Gasteiger partial charge in [-0.15, -0.1) is 12.4 Å². The number of halogens is 1. The molecule has 2 aliphatic rings. The zero-order valence-corrected chi connectivity index (χ0v) is 15.6.